The number of guanidine groups is 1. The number of hydrogen-bond acceptors (Lipinski definition) is 5. The molecule has 1 fully saturated rings. The number of nitrogens with one attached hydrogen (secondary N) is 2. The third-order valence-corrected chi connectivity index (χ3v) is 5.98. The van der Waals surface area contributed by atoms with Gasteiger partial charge in [0.25, 0.3) is 0 Å². The van der Waals surface area contributed by atoms with Crippen molar-refractivity contribution in [2.45, 2.75) is 39.2 Å². The molecule has 0 saturated carbocycles. The van der Waals surface area contributed by atoms with E-state index < -0.39 is 0 Å². The molecule has 0 aliphatic carbocycles. The predicted molar refractivity (Wildman–Crippen MR) is 128 cm³/mol. The van der Waals surface area contributed by atoms with E-state index in [1.807, 2.05) is 35.1 Å². The first-order chi connectivity index (χ1) is 15.8. The summed E-state index contributed by atoms with van der Waals surface area (Å²) in [6.45, 7) is 9.57. The van der Waals surface area contributed by atoms with E-state index in [-0.39, 0.29) is 0 Å². The number of aliphatic imine (C=N–C) groups is 1. The standard InChI is InChI=1S/C24H36N6O2/c1-20-7-14-29(15-8-20)12-2-9-25-24(26-11-16-30-13-3-10-27-30)28-21-5-6-22-23(19-21)32-18-4-17-31-22/h3,5-6,10,13,19-20H,2,4,7-9,11-12,14-18H2,1H3,(H2,25,26,28). The van der Waals surface area contributed by atoms with Crippen molar-refractivity contribution in [2.75, 3.05) is 51.3 Å². The van der Waals surface area contributed by atoms with Crippen LogP contribution in [0.5, 0.6) is 11.5 Å². The second kappa shape index (κ2) is 11.8. The van der Waals surface area contributed by atoms with Crippen molar-refractivity contribution in [2.24, 2.45) is 10.9 Å². The van der Waals surface area contributed by atoms with Gasteiger partial charge in [0.2, 0.25) is 0 Å². The Morgan fingerprint density at radius 3 is 2.81 bits per heavy atom. The number of nitrogens with zero attached hydrogens (tertiary/aromatic N) is 4. The summed E-state index contributed by atoms with van der Waals surface area (Å²) in [6.07, 6.45) is 8.35. The monoisotopic (exact) mass is 440 g/mol. The molecule has 4 rings (SSSR count). The molecule has 0 atom stereocenters. The lowest BCUT2D eigenvalue weighted by Gasteiger charge is -2.29. The minimum absolute atomic E-state index is 0.675. The number of ether oxygens (including phenoxy) is 2. The summed E-state index contributed by atoms with van der Waals surface area (Å²) in [6, 6.07) is 7.89. The first kappa shape index (κ1) is 22.5. The Hall–Kier alpha value is -2.74. The molecule has 3 heterocycles. The van der Waals surface area contributed by atoms with Crippen LogP contribution < -0.4 is 20.1 Å². The minimum Gasteiger partial charge on any atom is -0.490 e. The van der Waals surface area contributed by atoms with Gasteiger partial charge < -0.3 is 25.0 Å². The molecule has 0 bridgehead atoms. The Morgan fingerprint density at radius 2 is 2.00 bits per heavy atom. The maximum absolute atomic E-state index is 5.83. The molecule has 8 nitrogen and oxygen atoms in total. The number of piperidine rings is 1. The minimum atomic E-state index is 0.675. The maximum atomic E-state index is 5.83. The van der Waals surface area contributed by atoms with Gasteiger partial charge in [0.1, 0.15) is 0 Å². The van der Waals surface area contributed by atoms with E-state index >= 15 is 0 Å². The molecule has 0 radical (unpaired) electrons. The highest BCUT2D eigenvalue weighted by molar-refractivity contribution is 5.93. The van der Waals surface area contributed by atoms with Crippen LogP contribution in [0, 0.1) is 5.92 Å². The Balaban J connectivity index is 1.33. The summed E-state index contributed by atoms with van der Waals surface area (Å²) in [4.78, 5) is 7.40. The van der Waals surface area contributed by atoms with Crippen molar-refractivity contribution >= 4 is 11.6 Å². The third kappa shape index (κ3) is 6.88. The van der Waals surface area contributed by atoms with Gasteiger partial charge >= 0.3 is 0 Å². The van der Waals surface area contributed by atoms with Gasteiger partial charge in [-0.15, -0.1) is 0 Å². The molecule has 1 aromatic heterocycles. The van der Waals surface area contributed by atoms with Gasteiger partial charge in [0.05, 0.1) is 19.8 Å². The Labute approximate surface area is 191 Å². The predicted octanol–water partition coefficient (Wildman–Crippen LogP) is 3.22. The highest BCUT2D eigenvalue weighted by Gasteiger charge is 2.15. The van der Waals surface area contributed by atoms with Gasteiger partial charge in [-0.05, 0) is 63.0 Å². The zero-order valence-corrected chi connectivity index (χ0v) is 19.1. The molecule has 2 aromatic rings. The van der Waals surface area contributed by atoms with Crippen LogP contribution in [0.2, 0.25) is 0 Å². The topological polar surface area (TPSA) is 75.9 Å². The third-order valence-electron chi connectivity index (χ3n) is 5.98. The van der Waals surface area contributed by atoms with Gasteiger partial charge in [-0.3, -0.25) is 9.67 Å². The van der Waals surface area contributed by atoms with Crippen LogP contribution in [0.1, 0.15) is 32.6 Å². The zero-order valence-electron chi connectivity index (χ0n) is 19.1. The van der Waals surface area contributed by atoms with Gasteiger partial charge in [-0.25, -0.2) is 0 Å². The average Bonchev–Trinajstić information content (AvgIpc) is 3.21. The lowest BCUT2D eigenvalue weighted by Crippen LogP contribution is -2.35. The summed E-state index contributed by atoms with van der Waals surface area (Å²) in [5, 5.41) is 11.1. The Bertz CT molecular complexity index is 846. The van der Waals surface area contributed by atoms with Crippen molar-refractivity contribution in [3.63, 3.8) is 0 Å². The van der Waals surface area contributed by atoms with Crippen molar-refractivity contribution in [1.29, 1.82) is 0 Å². The highest BCUT2D eigenvalue weighted by atomic mass is 16.5. The number of fused-ring (bicyclic) bond motifs is 1. The second-order valence-electron chi connectivity index (χ2n) is 8.64. The second-order valence-corrected chi connectivity index (χ2v) is 8.64. The van der Waals surface area contributed by atoms with E-state index in [1.54, 1.807) is 6.20 Å². The molecule has 0 amide bonds. The van der Waals surface area contributed by atoms with Crippen molar-refractivity contribution in [3.8, 4) is 11.5 Å². The molecule has 2 aliphatic heterocycles. The molecule has 2 aliphatic rings. The molecule has 174 valence electrons. The first-order valence-corrected chi connectivity index (χ1v) is 11.9. The SMILES string of the molecule is CC1CCN(CCCN=C(NCCn2cccn2)Nc2ccc3c(c2)OCCCO3)CC1. The molecular formula is C24H36N6O2. The number of anilines is 1. The van der Waals surface area contributed by atoms with Gasteiger partial charge in [0, 0.05) is 43.7 Å². The van der Waals surface area contributed by atoms with Crippen molar-refractivity contribution in [1.82, 2.24) is 20.0 Å². The van der Waals surface area contributed by atoms with Crippen LogP contribution in [0.4, 0.5) is 5.69 Å². The fourth-order valence-corrected chi connectivity index (χ4v) is 4.01. The average molecular weight is 441 g/mol. The molecule has 8 heteroatoms. The van der Waals surface area contributed by atoms with Gasteiger partial charge in [-0.1, -0.05) is 6.92 Å². The molecular weight excluding hydrogens is 404 g/mol. The smallest absolute Gasteiger partial charge is 0.195 e. The van der Waals surface area contributed by atoms with Gasteiger partial charge in [-0.2, -0.15) is 5.10 Å². The van der Waals surface area contributed by atoms with Crippen LogP contribution in [-0.2, 0) is 6.54 Å². The maximum Gasteiger partial charge on any atom is 0.195 e. The summed E-state index contributed by atoms with van der Waals surface area (Å²) < 4.78 is 13.5. The molecule has 1 saturated heterocycles. The number of aromatic nitrogens is 2. The first-order valence-electron chi connectivity index (χ1n) is 11.9. The van der Waals surface area contributed by atoms with E-state index in [2.05, 4.69) is 27.6 Å². The molecule has 1 aromatic carbocycles. The van der Waals surface area contributed by atoms with Crippen LogP contribution in [0.15, 0.2) is 41.7 Å². The lowest BCUT2D eigenvalue weighted by atomic mass is 9.99. The van der Waals surface area contributed by atoms with E-state index in [1.165, 1.54) is 25.9 Å². The quantitative estimate of drug-likeness (QED) is 0.373. The van der Waals surface area contributed by atoms with Crippen LogP contribution in [-0.4, -0.2) is 66.6 Å². The lowest BCUT2D eigenvalue weighted by molar-refractivity contribution is 0.192. The zero-order chi connectivity index (χ0) is 22.0. The van der Waals surface area contributed by atoms with Crippen molar-refractivity contribution < 1.29 is 9.47 Å². The fourth-order valence-electron chi connectivity index (χ4n) is 4.01. The van der Waals surface area contributed by atoms with Gasteiger partial charge in [0.15, 0.2) is 17.5 Å². The summed E-state index contributed by atoms with van der Waals surface area (Å²) in [7, 11) is 0. The Kier molecular flexibility index (Phi) is 8.25. The summed E-state index contributed by atoms with van der Waals surface area (Å²) in [5.74, 6) is 3.23. The normalized spacial score (nSPS) is 17.7. The molecule has 2 N–H and O–H groups in total. The number of hydrogen-bond donors (Lipinski definition) is 2. The number of likely N-dealkylation sites (tertiary alicyclic amines) is 1. The molecule has 0 spiro atoms. The molecule has 32 heavy (non-hydrogen) atoms. The van der Waals surface area contributed by atoms with E-state index in [9.17, 15) is 0 Å². The largest absolute Gasteiger partial charge is 0.490 e. The molecule has 0 unspecified atom stereocenters. The number of benzene rings is 1. The summed E-state index contributed by atoms with van der Waals surface area (Å²) >= 11 is 0. The summed E-state index contributed by atoms with van der Waals surface area (Å²) in [5.41, 5.74) is 0.935. The van der Waals surface area contributed by atoms with Crippen LogP contribution >= 0.6 is 0 Å². The van der Waals surface area contributed by atoms with E-state index in [4.69, 9.17) is 14.5 Å². The van der Waals surface area contributed by atoms with Crippen LogP contribution in [0.3, 0.4) is 0 Å². The van der Waals surface area contributed by atoms with Crippen molar-refractivity contribution in [3.05, 3.63) is 36.7 Å². The van der Waals surface area contributed by atoms with Crippen LogP contribution in [0.25, 0.3) is 0 Å². The Morgan fingerprint density at radius 1 is 1.16 bits per heavy atom. The van der Waals surface area contributed by atoms with E-state index in [0.29, 0.717) is 13.2 Å². The van der Waals surface area contributed by atoms with E-state index in [0.717, 1.165) is 68.1 Å². The fraction of sp³-hybridized carbons (Fsp3) is 0.583. The number of rotatable bonds is 8. The highest BCUT2D eigenvalue weighted by Crippen LogP contribution is 2.32.